The molecule has 38 heavy (non-hydrogen) atoms. The van der Waals surface area contributed by atoms with Crippen molar-refractivity contribution in [3.63, 3.8) is 0 Å². The fourth-order valence-electron chi connectivity index (χ4n) is 5.24. The fraction of sp³-hybridized carbons (Fsp3) is 0.400. The summed E-state index contributed by atoms with van der Waals surface area (Å²) in [5.41, 5.74) is 7.59. The standard InChI is InChI=1S/C30H39N5O3/c1-7-12-35-22(5)21(4)24-17-23(29(36)34-15-13-33(8-2)14-16-34)18-27(28(24)35)31-19-25-20(3)10-9-11-26(25)32-30(37)38-6/h7,9-11,17-18,31H,1,8,12-16,19H2,2-6H3,(H,32,37). The molecule has 1 fully saturated rings. The molecule has 2 N–H and O–H groups in total. The lowest BCUT2D eigenvalue weighted by Gasteiger charge is -2.34. The lowest BCUT2D eigenvalue weighted by atomic mass is 10.0. The molecule has 2 amide bonds. The molecule has 202 valence electrons. The van der Waals surface area contributed by atoms with Gasteiger partial charge in [-0.1, -0.05) is 25.1 Å². The number of nitrogens with one attached hydrogen (secondary N) is 2. The molecule has 0 aliphatic carbocycles. The van der Waals surface area contributed by atoms with Crippen molar-refractivity contribution in [3.05, 3.63) is 70.9 Å². The van der Waals surface area contributed by atoms with E-state index in [-0.39, 0.29) is 5.91 Å². The van der Waals surface area contributed by atoms with E-state index < -0.39 is 6.09 Å². The maximum absolute atomic E-state index is 13.7. The van der Waals surface area contributed by atoms with Gasteiger partial charge in [0.1, 0.15) is 0 Å². The summed E-state index contributed by atoms with van der Waals surface area (Å²) in [6.45, 7) is 17.7. The SMILES string of the molecule is C=CCn1c(C)c(C)c2cc(C(=O)N3CCN(CC)CC3)cc(NCc3c(C)cccc3NC(=O)OC)c21. The Morgan fingerprint density at radius 2 is 1.82 bits per heavy atom. The van der Waals surface area contributed by atoms with Crippen LogP contribution < -0.4 is 10.6 Å². The van der Waals surface area contributed by atoms with Crippen LogP contribution in [0.2, 0.25) is 0 Å². The third kappa shape index (κ3) is 5.41. The van der Waals surface area contributed by atoms with Crippen molar-refractivity contribution in [2.24, 2.45) is 0 Å². The Kier molecular flexibility index (Phi) is 8.42. The second kappa shape index (κ2) is 11.7. The average Bonchev–Trinajstić information content (AvgIpc) is 3.17. The number of ether oxygens (including phenoxy) is 1. The van der Waals surface area contributed by atoms with Gasteiger partial charge in [0.25, 0.3) is 5.91 Å². The summed E-state index contributed by atoms with van der Waals surface area (Å²) >= 11 is 0. The van der Waals surface area contributed by atoms with Crippen LogP contribution in [-0.2, 0) is 17.8 Å². The zero-order chi connectivity index (χ0) is 27.4. The summed E-state index contributed by atoms with van der Waals surface area (Å²) in [4.78, 5) is 29.9. The lowest BCUT2D eigenvalue weighted by molar-refractivity contribution is 0.0643. The van der Waals surface area contributed by atoms with E-state index in [1.807, 2.05) is 48.2 Å². The van der Waals surface area contributed by atoms with Gasteiger partial charge in [0.15, 0.2) is 0 Å². The van der Waals surface area contributed by atoms with Gasteiger partial charge in [0.2, 0.25) is 0 Å². The summed E-state index contributed by atoms with van der Waals surface area (Å²) in [6, 6.07) is 9.79. The van der Waals surface area contributed by atoms with E-state index in [2.05, 4.69) is 47.5 Å². The fourth-order valence-corrected chi connectivity index (χ4v) is 5.24. The summed E-state index contributed by atoms with van der Waals surface area (Å²) in [5.74, 6) is 0.0585. The first-order valence-electron chi connectivity index (χ1n) is 13.2. The Morgan fingerprint density at radius 1 is 1.08 bits per heavy atom. The van der Waals surface area contributed by atoms with Crippen LogP contribution in [-0.4, -0.2) is 66.2 Å². The third-order valence-corrected chi connectivity index (χ3v) is 7.68. The minimum Gasteiger partial charge on any atom is -0.453 e. The third-order valence-electron chi connectivity index (χ3n) is 7.68. The van der Waals surface area contributed by atoms with E-state index in [9.17, 15) is 9.59 Å². The number of aryl methyl sites for hydroxylation is 2. The van der Waals surface area contributed by atoms with Crippen molar-refractivity contribution >= 4 is 34.3 Å². The highest BCUT2D eigenvalue weighted by molar-refractivity contribution is 6.04. The minimum absolute atomic E-state index is 0.0585. The highest BCUT2D eigenvalue weighted by Crippen LogP contribution is 2.34. The van der Waals surface area contributed by atoms with Crippen LogP contribution in [0.5, 0.6) is 0 Å². The maximum atomic E-state index is 13.7. The molecule has 1 saturated heterocycles. The van der Waals surface area contributed by atoms with E-state index in [0.29, 0.717) is 24.3 Å². The van der Waals surface area contributed by atoms with Crippen LogP contribution in [0, 0.1) is 20.8 Å². The molecular formula is C30H39N5O3. The molecule has 1 aromatic heterocycles. The van der Waals surface area contributed by atoms with Gasteiger partial charge in [-0.15, -0.1) is 6.58 Å². The summed E-state index contributed by atoms with van der Waals surface area (Å²) in [6.07, 6.45) is 1.38. The Hall–Kier alpha value is -3.78. The second-order valence-electron chi connectivity index (χ2n) is 9.83. The molecule has 0 atom stereocenters. The number of benzene rings is 2. The van der Waals surface area contributed by atoms with Crippen LogP contribution >= 0.6 is 0 Å². The number of carbonyl (C=O) groups excluding carboxylic acids is 2. The molecule has 3 aromatic rings. The van der Waals surface area contributed by atoms with Crippen molar-refractivity contribution in [2.45, 2.75) is 40.8 Å². The Morgan fingerprint density at radius 3 is 2.47 bits per heavy atom. The first-order valence-corrected chi connectivity index (χ1v) is 13.2. The number of piperazine rings is 1. The zero-order valence-electron chi connectivity index (χ0n) is 23.2. The maximum Gasteiger partial charge on any atom is 0.411 e. The van der Waals surface area contributed by atoms with Crippen LogP contribution in [0.3, 0.4) is 0 Å². The number of hydrogen-bond acceptors (Lipinski definition) is 5. The van der Waals surface area contributed by atoms with Crippen molar-refractivity contribution < 1.29 is 14.3 Å². The molecular weight excluding hydrogens is 478 g/mol. The van der Waals surface area contributed by atoms with Crippen LogP contribution in [0.1, 0.15) is 39.7 Å². The van der Waals surface area contributed by atoms with E-state index in [1.165, 1.54) is 7.11 Å². The summed E-state index contributed by atoms with van der Waals surface area (Å²) in [7, 11) is 1.35. The van der Waals surface area contributed by atoms with Crippen LogP contribution in [0.15, 0.2) is 43.0 Å². The Labute approximate surface area is 225 Å². The molecule has 0 bridgehead atoms. The lowest BCUT2D eigenvalue weighted by Crippen LogP contribution is -2.48. The zero-order valence-corrected chi connectivity index (χ0v) is 23.2. The molecule has 1 aliphatic rings. The number of hydrogen-bond donors (Lipinski definition) is 2. The summed E-state index contributed by atoms with van der Waals surface area (Å²) < 4.78 is 7.05. The number of anilines is 2. The van der Waals surface area contributed by atoms with E-state index in [4.69, 9.17) is 4.74 Å². The molecule has 2 heterocycles. The van der Waals surface area contributed by atoms with Gasteiger partial charge < -0.3 is 24.4 Å². The number of allylic oxidation sites excluding steroid dienone is 1. The van der Waals surface area contributed by atoms with Crippen molar-refractivity contribution in [1.82, 2.24) is 14.4 Å². The largest absolute Gasteiger partial charge is 0.453 e. The molecule has 1 aliphatic heterocycles. The first-order chi connectivity index (χ1) is 18.3. The number of amides is 2. The van der Waals surface area contributed by atoms with Gasteiger partial charge in [-0.25, -0.2) is 4.79 Å². The number of fused-ring (bicyclic) bond motifs is 1. The van der Waals surface area contributed by atoms with Crippen molar-refractivity contribution in [3.8, 4) is 0 Å². The smallest absolute Gasteiger partial charge is 0.411 e. The molecule has 0 saturated carbocycles. The number of likely N-dealkylation sites (N-methyl/N-ethyl adjacent to an activating group) is 1. The predicted molar refractivity (Wildman–Crippen MR) is 154 cm³/mol. The highest BCUT2D eigenvalue weighted by Gasteiger charge is 2.24. The molecule has 2 aromatic carbocycles. The molecule has 0 radical (unpaired) electrons. The van der Waals surface area contributed by atoms with Gasteiger partial charge in [-0.3, -0.25) is 10.1 Å². The molecule has 8 nitrogen and oxygen atoms in total. The van der Waals surface area contributed by atoms with E-state index >= 15 is 0 Å². The van der Waals surface area contributed by atoms with Crippen molar-refractivity contribution in [1.29, 1.82) is 0 Å². The Balaban J connectivity index is 1.75. The molecule has 0 unspecified atom stereocenters. The van der Waals surface area contributed by atoms with Gasteiger partial charge >= 0.3 is 6.09 Å². The number of rotatable bonds is 8. The van der Waals surface area contributed by atoms with Crippen LogP contribution in [0.4, 0.5) is 16.2 Å². The molecule has 0 spiro atoms. The van der Waals surface area contributed by atoms with Gasteiger partial charge in [0.05, 0.1) is 18.3 Å². The van der Waals surface area contributed by atoms with Crippen LogP contribution in [0.25, 0.3) is 10.9 Å². The quantitative estimate of drug-likeness (QED) is 0.396. The monoisotopic (exact) mass is 517 g/mol. The van der Waals surface area contributed by atoms with Gasteiger partial charge in [0, 0.05) is 61.6 Å². The normalized spacial score (nSPS) is 14.0. The van der Waals surface area contributed by atoms with Crippen molar-refractivity contribution in [2.75, 3.05) is 50.5 Å². The van der Waals surface area contributed by atoms with E-state index in [0.717, 1.165) is 71.7 Å². The van der Waals surface area contributed by atoms with Gasteiger partial charge in [-0.2, -0.15) is 0 Å². The minimum atomic E-state index is -0.513. The first kappa shape index (κ1) is 27.3. The second-order valence-corrected chi connectivity index (χ2v) is 9.83. The topological polar surface area (TPSA) is 78.8 Å². The number of aromatic nitrogens is 1. The predicted octanol–water partition coefficient (Wildman–Crippen LogP) is 5.32. The Bertz CT molecular complexity index is 1350. The number of methoxy groups -OCH3 is 1. The highest BCUT2D eigenvalue weighted by atomic mass is 16.5. The molecule has 4 rings (SSSR count). The number of nitrogens with zero attached hydrogens (tertiary/aromatic N) is 3. The van der Waals surface area contributed by atoms with E-state index in [1.54, 1.807) is 0 Å². The number of carbonyl (C=O) groups is 2. The molecule has 8 heteroatoms. The summed E-state index contributed by atoms with van der Waals surface area (Å²) in [5, 5.41) is 7.48. The van der Waals surface area contributed by atoms with Gasteiger partial charge in [-0.05, 0) is 62.2 Å². The average molecular weight is 518 g/mol.